The Balaban J connectivity index is 1.56. The second-order valence-electron chi connectivity index (χ2n) is 5.07. The summed E-state index contributed by atoms with van der Waals surface area (Å²) in [5.74, 6) is 0.733. The number of hydrogen-bond donors (Lipinski definition) is 1. The molecule has 0 aliphatic heterocycles. The van der Waals surface area contributed by atoms with Crippen molar-refractivity contribution in [2.75, 3.05) is 5.32 Å². The van der Waals surface area contributed by atoms with Crippen molar-refractivity contribution in [3.63, 3.8) is 0 Å². The van der Waals surface area contributed by atoms with Crippen LogP contribution in [-0.2, 0) is 11.2 Å². The van der Waals surface area contributed by atoms with Gasteiger partial charge < -0.3 is 5.32 Å². The van der Waals surface area contributed by atoms with Gasteiger partial charge >= 0.3 is 0 Å². The fourth-order valence-corrected chi connectivity index (χ4v) is 2.61. The molecule has 0 atom stereocenters. The molecule has 1 amide bonds. The third-order valence-electron chi connectivity index (χ3n) is 3.39. The van der Waals surface area contributed by atoms with Gasteiger partial charge in [-0.1, -0.05) is 29.3 Å². The fraction of sp³-hybridized carbons (Fsp3) is 0.188. The van der Waals surface area contributed by atoms with Crippen LogP contribution in [0.25, 0.3) is 5.65 Å². The van der Waals surface area contributed by atoms with Crippen LogP contribution in [0.5, 0.6) is 0 Å². The van der Waals surface area contributed by atoms with E-state index in [1.165, 1.54) is 0 Å². The van der Waals surface area contributed by atoms with Gasteiger partial charge in [0.2, 0.25) is 5.91 Å². The summed E-state index contributed by atoms with van der Waals surface area (Å²) >= 11 is 11.9. The molecule has 0 saturated carbocycles. The van der Waals surface area contributed by atoms with Gasteiger partial charge in [-0.3, -0.25) is 9.20 Å². The largest absolute Gasteiger partial charge is 0.325 e. The summed E-state index contributed by atoms with van der Waals surface area (Å²) in [6.07, 6.45) is 3.61. The van der Waals surface area contributed by atoms with Crippen molar-refractivity contribution in [1.82, 2.24) is 14.6 Å². The molecule has 0 saturated heterocycles. The van der Waals surface area contributed by atoms with Crippen LogP contribution >= 0.6 is 23.2 Å². The number of rotatable bonds is 5. The number of anilines is 1. The number of hydrogen-bond acceptors (Lipinski definition) is 3. The molecule has 0 aliphatic carbocycles. The van der Waals surface area contributed by atoms with Crippen LogP contribution in [0.4, 0.5) is 5.69 Å². The van der Waals surface area contributed by atoms with Gasteiger partial charge in [-0.05, 0) is 36.8 Å². The quantitative estimate of drug-likeness (QED) is 0.758. The van der Waals surface area contributed by atoms with E-state index in [0.29, 0.717) is 35.0 Å². The first-order valence-corrected chi connectivity index (χ1v) is 7.92. The number of nitrogens with zero attached hydrogens (tertiary/aromatic N) is 3. The van der Waals surface area contributed by atoms with Crippen LogP contribution in [0.2, 0.25) is 10.0 Å². The normalized spacial score (nSPS) is 10.9. The van der Waals surface area contributed by atoms with E-state index in [0.717, 1.165) is 11.5 Å². The third kappa shape index (κ3) is 3.81. The molecule has 0 unspecified atom stereocenters. The molecule has 0 radical (unpaired) electrons. The predicted octanol–water partition coefficient (Wildman–Crippen LogP) is 4.00. The molecule has 3 aromatic rings. The Labute approximate surface area is 143 Å². The first-order chi connectivity index (χ1) is 11.1. The van der Waals surface area contributed by atoms with Crippen LogP contribution in [0.3, 0.4) is 0 Å². The number of carbonyl (C=O) groups excluding carboxylic acids is 1. The monoisotopic (exact) mass is 348 g/mol. The van der Waals surface area contributed by atoms with Gasteiger partial charge in [0.1, 0.15) is 5.82 Å². The lowest BCUT2D eigenvalue weighted by Crippen LogP contribution is -2.12. The Hall–Kier alpha value is -2.11. The Morgan fingerprint density at radius 3 is 2.91 bits per heavy atom. The van der Waals surface area contributed by atoms with Gasteiger partial charge in [0.15, 0.2) is 5.65 Å². The number of nitrogens with one attached hydrogen (secondary N) is 1. The van der Waals surface area contributed by atoms with Crippen molar-refractivity contribution in [3.05, 3.63) is 58.5 Å². The number of fused-ring (bicyclic) bond motifs is 1. The number of halogens is 2. The minimum Gasteiger partial charge on any atom is -0.325 e. The summed E-state index contributed by atoms with van der Waals surface area (Å²) in [6, 6.07) is 10.7. The molecule has 5 nitrogen and oxygen atoms in total. The van der Waals surface area contributed by atoms with Crippen molar-refractivity contribution in [2.24, 2.45) is 0 Å². The van der Waals surface area contributed by atoms with E-state index < -0.39 is 0 Å². The lowest BCUT2D eigenvalue weighted by atomic mass is 10.2. The number of aryl methyl sites for hydroxylation is 1. The molecule has 2 heterocycles. The number of aromatic nitrogens is 3. The van der Waals surface area contributed by atoms with E-state index in [4.69, 9.17) is 23.2 Å². The molecular weight excluding hydrogens is 335 g/mol. The van der Waals surface area contributed by atoms with Crippen molar-refractivity contribution in [3.8, 4) is 0 Å². The highest BCUT2D eigenvalue weighted by Gasteiger charge is 2.09. The Morgan fingerprint density at radius 1 is 1.17 bits per heavy atom. The molecule has 23 heavy (non-hydrogen) atoms. The molecule has 2 aromatic heterocycles. The van der Waals surface area contributed by atoms with E-state index in [2.05, 4.69) is 15.5 Å². The second kappa shape index (κ2) is 6.98. The van der Waals surface area contributed by atoms with Gasteiger partial charge in [0.05, 0.1) is 10.7 Å². The minimum atomic E-state index is -0.108. The second-order valence-corrected chi connectivity index (χ2v) is 5.91. The average molecular weight is 349 g/mol. The molecule has 0 spiro atoms. The van der Waals surface area contributed by atoms with Gasteiger partial charge in [-0.2, -0.15) is 0 Å². The van der Waals surface area contributed by atoms with Crippen molar-refractivity contribution in [1.29, 1.82) is 0 Å². The lowest BCUT2D eigenvalue weighted by Gasteiger charge is -2.07. The molecule has 0 bridgehead atoms. The van der Waals surface area contributed by atoms with E-state index in [1.54, 1.807) is 18.2 Å². The van der Waals surface area contributed by atoms with Gasteiger partial charge in [0, 0.05) is 24.1 Å². The topological polar surface area (TPSA) is 59.3 Å². The predicted molar refractivity (Wildman–Crippen MR) is 91.0 cm³/mol. The number of amides is 1. The molecule has 0 fully saturated rings. The minimum absolute atomic E-state index is 0.108. The molecule has 3 rings (SSSR count). The molecule has 0 aliphatic rings. The first kappa shape index (κ1) is 15.8. The highest BCUT2D eigenvalue weighted by Crippen LogP contribution is 2.25. The average Bonchev–Trinajstić information content (AvgIpc) is 2.94. The maximum Gasteiger partial charge on any atom is 0.224 e. The summed E-state index contributed by atoms with van der Waals surface area (Å²) in [4.78, 5) is 12.0. The van der Waals surface area contributed by atoms with E-state index in [1.807, 2.05) is 28.8 Å². The molecule has 1 aromatic carbocycles. The highest BCUT2D eigenvalue weighted by atomic mass is 35.5. The molecule has 7 heteroatoms. The van der Waals surface area contributed by atoms with Crippen LogP contribution < -0.4 is 5.32 Å². The molecule has 118 valence electrons. The fourth-order valence-electron chi connectivity index (χ4n) is 2.27. The highest BCUT2D eigenvalue weighted by molar-refractivity contribution is 6.35. The maximum atomic E-state index is 12.0. The van der Waals surface area contributed by atoms with Gasteiger partial charge in [-0.25, -0.2) is 0 Å². The zero-order valence-electron chi connectivity index (χ0n) is 12.2. The van der Waals surface area contributed by atoms with Gasteiger partial charge in [-0.15, -0.1) is 10.2 Å². The summed E-state index contributed by atoms with van der Waals surface area (Å²) < 4.78 is 1.92. The smallest absolute Gasteiger partial charge is 0.224 e. The van der Waals surface area contributed by atoms with Crippen molar-refractivity contribution >= 4 is 40.4 Å². The number of benzene rings is 1. The first-order valence-electron chi connectivity index (χ1n) is 7.17. The van der Waals surface area contributed by atoms with E-state index in [-0.39, 0.29) is 5.91 Å². The number of carbonyl (C=O) groups is 1. The van der Waals surface area contributed by atoms with E-state index >= 15 is 0 Å². The molecule has 1 N–H and O–H groups in total. The summed E-state index contributed by atoms with van der Waals surface area (Å²) in [6.45, 7) is 0. The molecular formula is C16H14Cl2N4O. The summed E-state index contributed by atoms with van der Waals surface area (Å²) in [5, 5.41) is 12.0. The zero-order valence-corrected chi connectivity index (χ0v) is 13.7. The maximum absolute atomic E-state index is 12.0. The van der Waals surface area contributed by atoms with Crippen molar-refractivity contribution in [2.45, 2.75) is 19.3 Å². The lowest BCUT2D eigenvalue weighted by molar-refractivity contribution is -0.116. The van der Waals surface area contributed by atoms with Crippen LogP contribution in [0.15, 0.2) is 42.6 Å². The Bertz CT molecular complexity index is 847. The summed E-state index contributed by atoms with van der Waals surface area (Å²) in [7, 11) is 0. The van der Waals surface area contributed by atoms with Gasteiger partial charge in [0.25, 0.3) is 0 Å². The number of pyridine rings is 1. The van der Waals surface area contributed by atoms with Crippen LogP contribution in [0, 0.1) is 0 Å². The van der Waals surface area contributed by atoms with Crippen LogP contribution in [-0.4, -0.2) is 20.5 Å². The summed E-state index contributed by atoms with van der Waals surface area (Å²) in [5.41, 5.74) is 1.33. The zero-order chi connectivity index (χ0) is 16.2. The SMILES string of the molecule is O=C(CCCc1nnc2ccccn12)Nc1cc(Cl)ccc1Cl. The Morgan fingerprint density at radius 2 is 2.04 bits per heavy atom. The standard InChI is InChI=1S/C16H14Cl2N4O/c17-11-7-8-12(18)13(10-11)19-16(23)6-3-5-15-21-20-14-4-1-2-9-22(14)15/h1-2,4,7-10H,3,5-6H2,(H,19,23). The third-order valence-corrected chi connectivity index (χ3v) is 3.96. The van der Waals surface area contributed by atoms with Crippen LogP contribution in [0.1, 0.15) is 18.7 Å². The van der Waals surface area contributed by atoms with Crippen molar-refractivity contribution < 1.29 is 4.79 Å². The van der Waals surface area contributed by atoms with E-state index in [9.17, 15) is 4.79 Å². The Kier molecular flexibility index (Phi) is 4.79.